The maximum Gasteiger partial charge on any atom is 0.406 e. The molecule has 2 aliphatic heterocycles. The van der Waals surface area contributed by atoms with Crippen LogP contribution < -0.4 is 0 Å². The summed E-state index contributed by atoms with van der Waals surface area (Å²) < 4.78 is 43.1. The van der Waals surface area contributed by atoms with Crippen molar-refractivity contribution in [3.63, 3.8) is 0 Å². The second-order valence-corrected chi connectivity index (χ2v) is 6.43. The van der Waals surface area contributed by atoms with Crippen molar-refractivity contribution in [1.29, 1.82) is 0 Å². The number of nitrogens with zero attached hydrogens (tertiary/aromatic N) is 2. The van der Waals surface area contributed by atoms with Crippen LogP contribution in [0.1, 0.15) is 36.8 Å². The van der Waals surface area contributed by atoms with Gasteiger partial charge in [0.2, 0.25) is 11.8 Å². The van der Waals surface area contributed by atoms with Crippen LogP contribution in [0.2, 0.25) is 0 Å². The number of hydrogen-bond acceptors (Lipinski definition) is 3. The predicted molar refractivity (Wildman–Crippen MR) is 77.9 cm³/mol. The van der Waals surface area contributed by atoms with E-state index in [2.05, 4.69) is 0 Å². The van der Waals surface area contributed by atoms with Crippen molar-refractivity contribution in [2.24, 2.45) is 5.92 Å². The van der Waals surface area contributed by atoms with Crippen LogP contribution in [0, 0.1) is 12.8 Å². The van der Waals surface area contributed by atoms with E-state index < -0.39 is 24.5 Å². The van der Waals surface area contributed by atoms with E-state index in [-0.39, 0.29) is 24.9 Å². The number of aryl methyl sites for hydroxylation is 1. The highest BCUT2D eigenvalue weighted by Gasteiger charge is 2.43. The van der Waals surface area contributed by atoms with Crippen LogP contribution in [0.4, 0.5) is 13.2 Å². The van der Waals surface area contributed by atoms with E-state index >= 15 is 0 Å². The summed E-state index contributed by atoms with van der Waals surface area (Å²) in [5.41, 5.74) is 0. The highest BCUT2D eigenvalue weighted by Crippen LogP contribution is 2.35. The first kappa shape index (κ1) is 16.9. The first-order chi connectivity index (χ1) is 11.2. The lowest BCUT2D eigenvalue weighted by molar-refractivity contribution is -0.157. The zero-order valence-corrected chi connectivity index (χ0v) is 13.3. The highest BCUT2D eigenvalue weighted by molar-refractivity contribution is 5.89. The molecular formula is C16H19F3N2O3. The van der Waals surface area contributed by atoms with E-state index in [1.165, 1.54) is 0 Å². The molecule has 0 bridgehead atoms. The maximum absolute atomic E-state index is 12.7. The minimum Gasteiger partial charge on any atom is -0.464 e. The number of likely N-dealkylation sites (tertiary alicyclic amines) is 2. The van der Waals surface area contributed by atoms with Gasteiger partial charge in [0.15, 0.2) is 0 Å². The second kappa shape index (κ2) is 6.14. The molecule has 3 rings (SSSR count). The Morgan fingerprint density at radius 1 is 1.38 bits per heavy atom. The second-order valence-electron chi connectivity index (χ2n) is 6.43. The van der Waals surface area contributed by atoms with Crippen LogP contribution in [0.25, 0.3) is 0 Å². The van der Waals surface area contributed by atoms with Gasteiger partial charge in [-0.1, -0.05) is 0 Å². The van der Waals surface area contributed by atoms with E-state index in [1.54, 1.807) is 4.90 Å². The molecule has 0 radical (unpaired) electrons. The van der Waals surface area contributed by atoms with Crippen LogP contribution in [-0.2, 0) is 9.59 Å². The normalized spacial score (nSPS) is 24.9. The summed E-state index contributed by atoms with van der Waals surface area (Å²) in [4.78, 5) is 26.9. The molecule has 2 saturated heterocycles. The van der Waals surface area contributed by atoms with Crippen molar-refractivity contribution in [2.75, 3.05) is 19.6 Å². The van der Waals surface area contributed by atoms with Crippen LogP contribution in [0.5, 0.6) is 0 Å². The average molecular weight is 344 g/mol. The smallest absolute Gasteiger partial charge is 0.406 e. The summed E-state index contributed by atoms with van der Waals surface area (Å²) >= 11 is 0. The van der Waals surface area contributed by atoms with Gasteiger partial charge in [-0.05, 0) is 31.9 Å². The molecule has 2 atom stereocenters. The number of carbonyl (C=O) groups is 2. The molecule has 0 spiro atoms. The van der Waals surface area contributed by atoms with E-state index in [4.69, 9.17) is 4.42 Å². The molecule has 2 amide bonds. The summed E-state index contributed by atoms with van der Waals surface area (Å²) in [5, 5.41) is 0. The Morgan fingerprint density at radius 3 is 2.75 bits per heavy atom. The van der Waals surface area contributed by atoms with Crippen LogP contribution >= 0.6 is 0 Å². The van der Waals surface area contributed by atoms with Gasteiger partial charge in [-0.25, -0.2) is 0 Å². The molecule has 0 N–H and O–H groups in total. The van der Waals surface area contributed by atoms with Gasteiger partial charge in [-0.15, -0.1) is 0 Å². The molecule has 1 aromatic heterocycles. The first-order valence-corrected chi connectivity index (χ1v) is 7.96. The minimum atomic E-state index is -4.45. The van der Waals surface area contributed by atoms with E-state index in [0.29, 0.717) is 12.3 Å². The Hall–Kier alpha value is -1.99. The zero-order valence-electron chi connectivity index (χ0n) is 13.3. The lowest BCUT2D eigenvalue weighted by atomic mass is 10.1. The number of amides is 2. The molecule has 5 nitrogen and oxygen atoms in total. The lowest BCUT2D eigenvalue weighted by Crippen LogP contribution is -2.38. The Morgan fingerprint density at radius 2 is 2.12 bits per heavy atom. The fraction of sp³-hybridized carbons (Fsp3) is 0.625. The molecular weight excluding hydrogens is 325 g/mol. The molecule has 132 valence electrons. The average Bonchev–Trinajstić information content (AvgIpc) is 3.17. The van der Waals surface area contributed by atoms with Gasteiger partial charge in [0.25, 0.3) is 0 Å². The van der Waals surface area contributed by atoms with Gasteiger partial charge in [-0.2, -0.15) is 13.2 Å². The van der Waals surface area contributed by atoms with Crippen molar-refractivity contribution in [3.8, 4) is 0 Å². The molecule has 3 heterocycles. The zero-order chi connectivity index (χ0) is 17.5. The largest absolute Gasteiger partial charge is 0.464 e. The Kier molecular flexibility index (Phi) is 4.31. The number of carbonyl (C=O) groups excluding carboxylic acids is 2. The number of halogens is 3. The number of furan rings is 1. The first-order valence-electron chi connectivity index (χ1n) is 7.96. The van der Waals surface area contributed by atoms with Crippen LogP contribution in [0.3, 0.4) is 0 Å². The molecule has 1 aromatic rings. The third-order valence-electron chi connectivity index (χ3n) is 4.56. The highest BCUT2D eigenvalue weighted by atomic mass is 19.4. The third-order valence-corrected chi connectivity index (χ3v) is 4.56. The van der Waals surface area contributed by atoms with E-state index in [1.807, 2.05) is 19.1 Å². The van der Waals surface area contributed by atoms with Crippen molar-refractivity contribution in [2.45, 2.75) is 38.4 Å². The third kappa shape index (κ3) is 3.42. The Labute approximate surface area is 137 Å². The molecule has 2 fully saturated rings. The van der Waals surface area contributed by atoms with Crippen molar-refractivity contribution >= 4 is 11.8 Å². The van der Waals surface area contributed by atoms with E-state index in [0.717, 1.165) is 23.5 Å². The van der Waals surface area contributed by atoms with Gasteiger partial charge in [-0.3, -0.25) is 9.59 Å². The summed E-state index contributed by atoms with van der Waals surface area (Å²) in [6.07, 6.45) is -3.04. The monoisotopic (exact) mass is 344 g/mol. The molecule has 8 heteroatoms. The molecule has 2 aliphatic rings. The topological polar surface area (TPSA) is 53.8 Å². The van der Waals surface area contributed by atoms with Crippen molar-refractivity contribution in [3.05, 3.63) is 23.7 Å². The number of alkyl halides is 3. The molecule has 24 heavy (non-hydrogen) atoms. The summed E-state index contributed by atoms with van der Waals surface area (Å²) in [5.74, 6) is -0.150. The summed E-state index contributed by atoms with van der Waals surface area (Å²) in [7, 11) is 0. The Bertz CT molecular complexity index is 641. The van der Waals surface area contributed by atoms with Crippen LogP contribution in [-0.4, -0.2) is 47.4 Å². The Balaban J connectivity index is 1.69. The number of rotatable bonds is 3. The lowest BCUT2D eigenvalue weighted by Gasteiger charge is -2.26. The van der Waals surface area contributed by atoms with Crippen LogP contribution in [0.15, 0.2) is 16.5 Å². The van der Waals surface area contributed by atoms with Gasteiger partial charge in [0.05, 0.1) is 12.0 Å². The standard InChI is InChI=1S/C16H19F3N2O3/c1-10-4-5-13(24-10)12-3-2-6-21(12)15(23)11-7-14(22)20(8-11)9-16(17,18)19/h4-5,11-12H,2-3,6-9H2,1H3/t11-,12-/m1/s1. The summed E-state index contributed by atoms with van der Waals surface area (Å²) in [6.45, 7) is 0.885. The fourth-order valence-corrected chi connectivity index (χ4v) is 3.50. The predicted octanol–water partition coefficient (Wildman–Crippen LogP) is 2.66. The van der Waals surface area contributed by atoms with Gasteiger partial charge in [0.1, 0.15) is 18.1 Å². The van der Waals surface area contributed by atoms with E-state index in [9.17, 15) is 22.8 Å². The maximum atomic E-state index is 12.7. The van der Waals surface area contributed by atoms with Crippen molar-refractivity contribution < 1.29 is 27.2 Å². The number of hydrogen-bond donors (Lipinski definition) is 0. The quantitative estimate of drug-likeness (QED) is 0.847. The SMILES string of the molecule is Cc1ccc([C@H]2CCCN2C(=O)[C@@H]2CC(=O)N(CC(F)(F)F)C2)o1. The summed E-state index contributed by atoms with van der Waals surface area (Å²) in [6, 6.07) is 3.44. The molecule has 0 saturated carbocycles. The van der Waals surface area contributed by atoms with Gasteiger partial charge in [0, 0.05) is 19.5 Å². The van der Waals surface area contributed by atoms with Crippen molar-refractivity contribution in [1.82, 2.24) is 9.80 Å². The minimum absolute atomic E-state index is 0.157. The molecule has 0 unspecified atom stereocenters. The van der Waals surface area contributed by atoms with Gasteiger partial charge < -0.3 is 14.2 Å². The fourth-order valence-electron chi connectivity index (χ4n) is 3.50. The molecule has 0 aromatic carbocycles. The van der Waals surface area contributed by atoms with Gasteiger partial charge >= 0.3 is 6.18 Å². The molecule has 0 aliphatic carbocycles.